The van der Waals surface area contributed by atoms with E-state index in [4.69, 9.17) is 0 Å². The van der Waals surface area contributed by atoms with Crippen LogP contribution in [0.15, 0.2) is 22.8 Å². The van der Waals surface area contributed by atoms with Gasteiger partial charge in [0, 0.05) is 10.3 Å². The largest absolute Gasteiger partial charge is 0.393 e. The Bertz CT molecular complexity index is 603. The van der Waals surface area contributed by atoms with Crippen LogP contribution in [-0.4, -0.2) is 20.9 Å². The van der Waals surface area contributed by atoms with Crippen molar-refractivity contribution in [2.45, 2.75) is 68.8 Å². The van der Waals surface area contributed by atoms with Crippen LogP contribution in [0.4, 0.5) is 0 Å². The minimum atomic E-state index is -0.124. The summed E-state index contributed by atoms with van der Waals surface area (Å²) in [5.41, 5.74) is 4.67. The third-order valence-electron chi connectivity index (χ3n) is 7.28. The highest BCUT2D eigenvalue weighted by atomic mass is 127. The molecule has 4 rings (SSSR count). The molecule has 3 heteroatoms. The van der Waals surface area contributed by atoms with Gasteiger partial charge >= 0.3 is 0 Å². The molecule has 6 atom stereocenters. The smallest absolute Gasteiger partial charge is 0.156 e. The third kappa shape index (κ3) is 2.40. The Balaban J connectivity index is 1.83. The van der Waals surface area contributed by atoms with Crippen LogP contribution in [0.3, 0.4) is 0 Å². The van der Waals surface area contributed by atoms with Gasteiger partial charge in [0.2, 0.25) is 0 Å². The molecular formula is C20H27IO2. The average Bonchev–Trinajstić information content (AvgIpc) is 2.81. The molecule has 1 unspecified atom stereocenters. The van der Waals surface area contributed by atoms with Crippen molar-refractivity contribution in [2.75, 3.05) is 0 Å². The molecule has 2 saturated carbocycles. The van der Waals surface area contributed by atoms with E-state index in [1.165, 1.54) is 24.0 Å². The van der Waals surface area contributed by atoms with Crippen LogP contribution in [0.2, 0.25) is 0 Å². The van der Waals surface area contributed by atoms with Gasteiger partial charge in [-0.1, -0.05) is 42.0 Å². The van der Waals surface area contributed by atoms with Crippen molar-refractivity contribution in [3.05, 3.63) is 22.8 Å². The lowest BCUT2D eigenvalue weighted by atomic mass is 9.53. The Hall–Kier alpha value is -0.160. The summed E-state index contributed by atoms with van der Waals surface area (Å²) in [6, 6.07) is 0. The quantitative estimate of drug-likeness (QED) is 0.492. The monoisotopic (exact) mass is 426 g/mol. The molecule has 4 aliphatic rings. The summed E-state index contributed by atoms with van der Waals surface area (Å²) >= 11 is 2.58. The Kier molecular flexibility index (Phi) is 4.03. The molecule has 2 fully saturated rings. The molecule has 0 aromatic carbocycles. The van der Waals surface area contributed by atoms with Gasteiger partial charge < -0.3 is 5.11 Å². The van der Waals surface area contributed by atoms with Crippen molar-refractivity contribution in [2.24, 2.45) is 23.2 Å². The molecule has 0 aliphatic heterocycles. The van der Waals surface area contributed by atoms with Gasteiger partial charge in [-0.2, -0.15) is 0 Å². The van der Waals surface area contributed by atoms with Crippen LogP contribution in [0.25, 0.3) is 0 Å². The molecule has 0 aromatic rings. The van der Waals surface area contributed by atoms with Crippen LogP contribution in [0, 0.1) is 23.2 Å². The highest BCUT2D eigenvalue weighted by Crippen LogP contribution is 2.62. The van der Waals surface area contributed by atoms with Gasteiger partial charge in [0.1, 0.15) is 0 Å². The van der Waals surface area contributed by atoms with Crippen LogP contribution >= 0.6 is 22.6 Å². The summed E-state index contributed by atoms with van der Waals surface area (Å²) in [5, 5.41) is 10.7. The second-order valence-corrected chi connectivity index (χ2v) is 10.4. The van der Waals surface area contributed by atoms with Crippen molar-refractivity contribution >= 4 is 28.4 Å². The zero-order valence-corrected chi connectivity index (χ0v) is 16.3. The number of aliphatic hydroxyl groups is 1. The first kappa shape index (κ1) is 16.3. The number of alkyl halides is 1. The highest BCUT2D eigenvalue weighted by molar-refractivity contribution is 14.1. The van der Waals surface area contributed by atoms with E-state index < -0.39 is 0 Å². The number of hydrogen-bond donors (Lipinski definition) is 1. The lowest BCUT2D eigenvalue weighted by molar-refractivity contribution is -0.114. The molecule has 0 heterocycles. The predicted octanol–water partition coefficient (Wildman–Crippen LogP) is 4.60. The van der Waals surface area contributed by atoms with E-state index in [9.17, 15) is 9.90 Å². The number of rotatable bonds is 1. The molecule has 0 saturated heterocycles. The predicted molar refractivity (Wildman–Crippen MR) is 101 cm³/mol. The number of carbonyl (C=O) groups excluding carboxylic acids is 1. The third-order valence-corrected chi connectivity index (χ3v) is 8.14. The van der Waals surface area contributed by atoms with Gasteiger partial charge in [-0.05, 0) is 78.9 Å². The van der Waals surface area contributed by atoms with Gasteiger partial charge in [0.05, 0.1) is 6.10 Å². The average molecular weight is 426 g/mol. The number of allylic oxidation sites excluding steroid dienone is 4. The first-order valence-corrected chi connectivity index (χ1v) is 10.4. The summed E-state index contributed by atoms with van der Waals surface area (Å²) in [5.74, 6) is 2.18. The number of carbonyl (C=O) groups is 1. The molecule has 23 heavy (non-hydrogen) atoms. The number of hydrogen-bond acceptors (Lipinski definition) is 2. The summed E-state index contributed by atoms with van der Waals surface area (Å²) in [7, 11) is 0. The lowest BCUT2D eigenvalue weighted by Crippen LogP contribution is -2.47. The number of halogens is 1. The van der Waals surface area contributed by atoms with E-state index in [0.717, 1.165) is 25.7 Å². The van der Waals surface area contributed by atoms with Gasteiger partial charge in [-0.25, -0.2) is 0 Å². The maximum atomic E-state index is 11.8. The minimum Gasteiger partial charge on any atom is -0.393 e. The normalized spacial score (nSPS) is 44.3. The summed E-state index contributed by atoms with van der Waals surface area (Å²) < 4.78 is 0.583. The summed E-state index contributed by atoms with van der Waals surface area (Å²) in [4.78, 5) is 11.8. The number of fused-ring (bicyclic) bond motifs is 4. The van der Waals surface area contributed by atoms with Crippen molar-refractivity contribution in [3.63, 3.8) is 0 Å². The van der Waals surface area contributed by atoms with Gasteiger partial charge in [-0.3, -0.25) is 4.79 Å². The Labute approximate surface area is 152 Å². The Morgan fingerprint density at radius 1 is 1.26 bits per heavy atom. The zero-order valence-electron chi connectivity index (χ0n) is 14.1. The first-order chi connectivity index (χ1) is 10.9. The van der Waals surface area contributed by atoms with Crippen molar-refractivity contribution in [1.82, 2.24) is 0 Å². The molecule has 0 aromatic heterocycles. The molecule has 0 spiro atoms. The fourth-order valence-corrected chi connectivity index (χ4v) is 6.75. The molecule has 0 bridgehead atoms. The Morgan fingerprint density at radius 2 is 2.04 bits per heavy atom. The Morgan fingerprint density at radius 3 is 2.78 bits per heavy atom. The fraction of sp³-hybridized carbons (Fsp3) is 0.750. The summed E-state index contributed by atoms with van der Waals surface area (Å²) in [6.45, 7) is 4.67. The highest BCUT2D eigenvalue weighted by Gasteiger charge is 2.56. The van der Waals surface area contributed by atoms with Crippen LogP contribution < -0.4 is 0 Å². The van der Waals surface area contributed by atoms with E-state index >= 15 is 0 Å². The van der Waals surface area contributed by atoms with Gasteiger partial charge in [-0.15, -0.1) is 0 Å². The molecule has 0 radical (unpaired) electrons. The van der Waals surface area contributed by atoms with E-state index in [0.29, 0.717) is 33.9 Å². The lowest BCUT2D eigenvalue weighted by Gasteiger charge is -2.52. The van der Waals surface area contributed by atoms with Crippen LogP contribution in [0.1, 0.15) is 58.8 Å². The van der Waals surface area contributed by atoms with Gasteiger partial charge in [0.25, 0.3) is 0 Å². The van der Waals surface area contributed by atoms with Crippen LogP contribution in [0.5, 0.6) is 0 Å². The fourth-order valence-electron chi connectivity index (χ4n) is 6.11. The molecule has 4 aliphatic carbocycles. The second kappa shape index (κ2) is 5.69. The molecule has 2 nitrogen and oxygen atoms in total. The van der Waals surface area contributed by atoms with Crippen LogP contribution in [-0.2, 0) is 4.79 Å². The standard InChI is InChI=1S/C20H27IO2/c1-11(21)16-10-20(2)17(7-8-18(20)23)15-5-3-12-9-13(22)4-6-14(12)19(15)16/h9,11,15-18,23H,3-8,10H2,1-2H3/t11?,15-,16+,17-,18-,20-/m0/s1. The van der Waals surface area contributed by atoms with Gasteiger partial charge in [0.15, 0.2) is 5.78 Å². The van der Waals surface area contributed by atoms with E-state index in [1.54, 1.807) is 5.57 Å². The maximum Gasteiger partial charge on any atom is 0.156 e. The maximum absolute atomic E-state index is 11.8. The van der Waals surface area contributed by atoms with Crippen molar-refractivity contribution in [3.8, 4) is 0 Å². The van der Waals surface area contributed by atoms with Crippen molar-refractivity contribution < 1.29 is 9.90 Å². The number of aliphatic hydroxyl groups excluding tert-OH is 1. The number of ketones is 1. The second-order valence-electron chi connectivity index (χ2n) is 8.41. The zero-order chi connectivity index (χ0) is 16.4. The summed E-state index contributed by atoms with van der Waals surface area (Å²) in [6.07, 6.45) is 9.01. The van der Waals surface area contributed by atoms with E-state index in [2.05, 4.69) is 36.4 Å². The first-order valence-electron chi connectivity index (χ1n) is 9.20. The molecule has 1 N–H and O–H groups in total. The SMILES string of the molecule is CC(I)[C@H]1C[C@]2(C)[C@@H](O)CC[C@H]2[C@@H]2CCC3=CC(=O)CCC3=C21. The molecular weight excluding hydrogens is 399 g/mol. The molecule has 126 valence electrons. The van der Waals surface area contributed by atoms with E-state index in [1.807, 2.05) is 6.08 Å². The van der Waals surface area contributed by atoms with Crippen molar-refractivity contribution in [1.29, 1.82) is 0 Å². The minimum absolute atomic E-state index is 0.102. The van der Waals surface area contributed by atoms with E-state index in [-0.39, 0.29) is 11.5 Å². The molecule has 0 amide bonds. The topological polar surface area (TPSA) is 37.3 Å².